The first-order chi connectivity index (χ1) is 6.20. The van der Waals surface area contributed by atoms with Gasteiger partial charge in [0, 0.05) is 17.8 Å². The van der Waals surface area contributed by atoms with Gasteiger partial charge in [-0.15, -0.1) is 0 Å². The highest BCUT2D eigenvalue weighted by Crippen LogP contribution is 2.19. The van der Waals surface area contributed by atoms with Gasteiger partial charge in [0.1, 0.15) is 0 Å². The molecule has 0 saturated carbocycles. The van der Waals surface area contributed by atoms with E-state index in [1.54, 1.807) is 18.3 Å². The molecule has 0 aliphatic heterocycles. The van der Waals surface area contributed by atoms with Crippen LogP contribution in [0.15, 0.2) is 25.4 Å². The van der Waals surface area contributed by atoms with Crippen molar-refractivity contribution in [1.82, 2.24) is 4.98 Å². The second-order valence-corrected chi connectivity index (χ2v) is 2.90. The van der Waals surface area contributed by atoms with Crippen LogP contribution in [0.1, 0.15) is 29.8 Å². The second kappa shape index (κ2) is 4.01. The molecule has 0 aromatic carbocycles. The Balaban J connectivity index is 3.35. The van der Waals surface area contributed by atoms with E-state index in [2.05, 4.69) is 18.1 Å². The molecule has 2 heteroatoms. The van der Waals surface area contributed by atoms with Crippen molar-refractivity contribution in [2.75, 3.05) is 0 Å². The van der Waals surface area contributed by atoms with Gasteiger partial charge in [-0.2, -0.15) is 0 Å². The highest BCUT2D eigenvalue weighted by Gasteiger charge is 2.07. The number of nitrogens with zero attached hydrogens (tertiary/aromatic N) is 1. The van der Waals surface area contributed by atoms with Crippen molar-refractivity contribution in [2.24, 2.45) is 5.73 Å². The predicted molar refractivity (Wildman–Crippen MR) is 57.0 cm³/mol. The molecule has 0 radical (unpaired) electrons. The average molecular weight is 174 g/mol. The molecule has 0 saturated heterocycles. The van der Waals surface area contributed by atoms with Gasteiger partial charge in [0.05, 0.1) is 5.69 Å². The molecular formula is C11H14N2. The van der Waals surface area contributed by atoms with Crippen molar-refractivity contribution in [3.8, 4) is 0 Å². The third-order valence-corrected chi connectivity index (χ3v) is 1.91. The lowest BCUT2D eigenvalue weighted by Crippen LogP contribution is -2.09. The van der Waals surface area contributed by atoms with Crippen LogP contribution in [0.3, 0.4) is 0 Å². The van der Waals surface area contributed by atoms with Crippen molar-refractivity contribution in [1.29, 1.82) is 0 Å². The number of rotatable bonds is 3. The van der Waals surface area contributed by atoms with E-state index >= 15 is 0 Å². The molecule has 1 heterocycles. The van der Waals surface area contributed by atoms with Gasteiger partial charge in [-0.05, 0) is 18.6 Å². The lowest BCUT2D eigenvalue weighted by molar-refractivity contribution is 0.778. The maximum Gasteiger partial charge on any atom is 0.0646 e. The normalized spacial score (nSPS) is 12.2. The summed E-state index contributed by atoms with van der Waals surface area (Å²) in [5.74, 6) is 0. The number of hydrogen-bond acceptors (Lipinski definition) is 2. The Labute approximate surface area is 78.8 Å². The van der Waals surface area contributed by atoms with Gasteiger partial charge in [-0.25, -0.2) is 0 Å². The molecule has 2 N–H and O–H groups in total. The van der Waals surface area contributed by atoms with Crippen LogP contribution in [-0.4, -0.2) is 4.98 Å². The quantitative estimate of drug-likeness (QED) is 0.764. The predicted octanol–water partition coefficient (Wildman–Crippen LogP) is 2.39. The van der Waals surface area contributed by atoms with Crippen LogP contribution in [0, 0.1) is 0 Å². The maximum atomic E-state index is 5.77. The summed E-state index contributed by atoms with van der Waals surface area (Å²) < 4.78 is 0. The van der Waals surface area contributed by atoms with Crippen LogP contribution in [0.5, 0.6) is 0 Å². The minimum Gasteiger partial charge on any atom is -0.323 e. The molecule has 1 atom stereocenters. The monoisotopic (exact) mass is 174 g/mol. The molecule has 0 fully saturated rings. The van der Waals surface area contributed by atoms with Gasteiger partial charge >= 0.3 is 0 Å². The number of pyridine rings is 1. The molecule has 0 spiro atoms. The highest BCUT2D eigenvalue weighted by molar-refractivity contribution is 5.65. The Morgan fingerprint density at radius 1 is 1.46 bits per heavy atom. The summed E-state index contributed by atoms with van der Waals surface area (Å²) in [6.45, 7) is 9.37. The second-order valence-electron chi connectivity index (χ2n) is 2.90. The molecule has 0 amide bonds. The lowest BCUT2D eigenvalue weighted by atomic mass is 10.0. The standard InChI is InChI=1S/C11H14N2/c1-4-9-6-7-13-11(8(3)12)10(9)5-2/h4-8H,1-2,12H2,3H3. The fourth-order valence-corrected chi connectivity index (χ4v) is 1.27. The van der Waals surface area contributed by atoms with Gasteiger partial charge in [-0.1, -0.05) is 25.3 Å². The number of hydrogen-bond donors (Lipinski definition) is 1. The Morgan fingerprint density at radius 3 is 2.62 bits per heavy atom. The lowest BCUT2D eigenvalue weighted by Gasteiger charge is -2.10. The Bertz CT molecular complexity index is 327. The first-order valence-electron chi connectivity index (χ1n) is 4.20. The Morgan fingerprint density at radius 2 is 2.15 bits per heavy atom. The van der Waals surface area contributed by atoms with E-state index in [0.29, 0.717) is 0 Å². The molecule has 1 aromatic rings. The van der Waals surface area contributed by atoms with Crippen LogP contribution < -0.4 is 5.73 Å². The van der Waals surface area contributed by atoms with E-state index in [1.807, 2.05) is 13.0 Å². The van der Waals surface area contributed by atoms with Crippen molar-refractivity contribution in [3.05, 3.63) is 42.2 Å². The van der Waals surface area contributed by atoms with E-state index in [0.717, 1.165) is 16.8 Å². The topological polar surface area (TPSA) is 38.9 Å². The Kier molecular flexibility index (Phi) is 2.98. The van der Waals surface area contributed by atoms with E-state index in [-0.39, 0.29) is 6.04 Å². The molecule has 2 nitrogen and oxygen atoms in total. The Hall–Kier alpha value is -1.41. The van der Waals surface area contributed by atoms with Crippen LogP contribution in [-0.2, 0) is 0 Å². The summed E-state index contributed by atoms with van der Waals surface area (Å²) in [6, 6.07) is 1.82. The fourth-order valence-electron chi connectivity index (χ4n) is 1.27. The zero-order valence-electron chi connectivity index (χ0n) is 7.83. The number of nitrogens with two attached hydrogens (primary N) is 1. The van der Waals surface area contributed by atoms with Crippen molar-refractivity contribution >= 4 is 12.2 Å². The minimum atomic E-state index is -0.0760. The average Bonchev–Trinajstić information content (AvgIpc) is 2.16. The third kappa shape index (κ3) is 1.84. The first-order valence-corrected chi connectivity index (χ1v) is 4.20. The van der Waals surface area contributed by atoms with Crippen molar-refractivity contribution < 1.29 is 0 Å². The maximum absolute atomic E-state index is 5.77. The zero-order chi connectivity index (χ0) is 9.84. The van der Waals surface area contributed by atoms with E-state index in [1.165, 1.54) is 0 Å². The van der Waals surface area contributed by atoms with E-state index in [9.17, 15) is 0 Å². The molecule has 0 aliphatic carbocycles. The third-order valence-electron chi connectivity index (χ3n) is 1.91. The first kappa shape index (κ1) is 9.68. The summed E-state index contributed by atoms with van der Waals surface area (Å²) in [5.41, 5.74) is 8.64. The largest absolute Gasteiger partial charge is 0.323 e. The van der Waals surface area contributed by atoms with Gasteiger partial charge in [0.15, 0.2) is 0 Å². The summed E-state index contributed by atoms with van der Waals surface area (Å²) in [7, 11) is 0. The van der Waals surface area contributed by atoms with Crippen LogP contribution >= 0.6 is 0 Å². The fraction of sp³-hybridized carbons (Fsp3) is 0.182. The van der Waals surface area contributed by atoms with Crippen molar-refractivity contribution in [2.45, 2.75) is 13.0 Å². The molecule has 1 unspecified atom stereocenters. The molecule has 0 aliphatic rings. The van der Waals surface area contributed by atoms with Gasteiger partial charge < -0.3 is 5.73 Å². The van der Waals surface area contributed by atoms with Crippen molar-refractivity contribution in [3.63, 3.8) is 0 Å². The van der Waals surface area contributed by atoms with Gasteiger partial charge in [-0.3, -0.25) is 4.98 Å². The summed E-state index contributed by atoms with van der Waals surface area (Å²) in [4.78, 5) is 4.21. The minimum absolute atomic E-state index is 0.0760. The van der Waals surface area contributed by atoms with E-state index < -0.39 is 0 Å². The summed E-state index contributed by atoms with van der Waals surface area (Å²) in [6.07, 6.45) is 5.29. The zero-order valence-corrected chi connectivity index (χ0v) is 7.83. The molecule has 0 bridgehead atoms. The van der Waals surface area contributed by atoms with Crippen LogP contribution in [0.25, 0.3) is 12.2 Å². The number of aromatic nitrogens is 1. The van der Waals surface area contributed by atoms with Crippen LogP contribution in [0.2, 0.25) is 0 Å². The van der Waals surface area contributed by atoms with Gasteiger partial charge in [0.2, 0.25) is 0 Å². The van der Waals surface area contributed by atoms with E-state index in [4.69, 9.17) is 5.73 Å². The summed E-state index contributed by atoms with van der Waals surface area (Å²) >= 11 is 0. The highest BCUT2D eigenvalue weighted by atomic mass is 14.8. The molecule has 1 rings (SSSR count). The van der Waals surface area contributed by atoms with Gasteiger partial charge in [0.25, 0.3) is 0 Å². The molecule has 13 heavy (non-hydrogen) atoms. The molecular weight excluding hydrogens is 160 g/mol. The van der Waals surface area contributed by atoms with Crippen LogP contribution in [0.4, 0.5) is 0 Å². The SMILES string of the molecule is C=Cc1ccnc(C(C)N)c1C=C. The molecule has 68 valence electrons. The summed E-state index contributed by atoms with van der Waals surface area (Å²) in [5, 5.41) is 0. The molecule has 1 aromatic heterocycles. The smallest absolute Gasteiger partial charge is 0.0646 e.